The normalized spacial score (nSPS) is 10.9. The predicted octanol–water partition coefficient (Wildman–Crippen LogP) is 3.76. The fraction of sp³-hybridized carbons (Fsp3) is 0. The largest absolute Gasteiger partial charge is 0.298 e. The van der Waals surface area contributed by atoms with E-state index in [0.29, 0.717) is 20.9 Å². The number of nitro benzene ring substituents is 2. The summed E-state index contributed by atoms with van der Waals surface area (Å²) in [6.45, 7) is 0. The van der Waals surface area contributed by atoms with Crippen LogP contribution in [0.25, 0.3) is 16.3 Å². The Hall–Kier alpha value is -3.66. The van der Waals surface area contributed by atoms with E-state index in [1.54, 1.807) is 0 Å². The summed E-state index contributed by atoms with van der Waals surface area (Å²) in [6.07, 6.45) is 2.78. The third-order valence-corrected chi connectivity index (χ3v) is 4.28. The fourth-order valence-corrected chi connectivity index (χ4v) is 3.01. The lowest BCUT2D eigenvalue weighted by Crippen LogP contribution is -2.07. The molecule has 0 atom stereocenters. The van der Waals surface area contributed by atoms with Gasteiger partial charge in [-0.05, 0) is 29.8 Å². The number of amides is 1. The van der Waals surface area contributed by atoms with E-state index in [2.05, 4.69) is 10.3 Å². The summed E-state index contributed by atoms with van der Waals surface area (Å²) in [7, 11) is 0. The number of hydrogen-bond acceptors (Lipinski definition) is 7. The second-order valence-corrected chi connectivity index (χ2v) is 6.13. The monoisotopic (exact) mass is 370 g/mol. The molecular formula is C16H10N4O5S. The zero-order valence-electron chi connectivity index (χ0n) is 13.0. The number of non-ortho nitro benzene ring substituents is 2. The average molecular weight is 370 g/mol. The third-order valence-electron chi connectivity index (χ3n) is 3.34. The van der Waals surface area contributed by atoms with Crippen molar-refractivity contribution in [3.05, 3.63) is 74.3 Å². The quantitative estimate of drug-likeness (QED) is 0.413. The number of anilines is 1. The number of benzene rings is 2. The molecule has 0 unspecified atom stereocenters. The Labute approximate surface area is 149 Å². The van der Waals surface area contributed by atoms with Crippen LogP contribution in [-0.4, -0.2) is 20.7 Å². The summed E-state index contributed by atoms with van der Waals surface area (Å²) in [4.78, 5) is 36.5. The number of nitrogens with zero attached hydrogens (tertiary/aromatic N) is 3. The molecule has 0 bridgehead atoms. The first-order chi connectivity index (χ1) is 12.4. The molecule has 1 heterocycles. The Morgan fingerprint density at radius 2 is 1.69 bits per heavy atom. The maximum absolute atomic E-state index is 12.0. The van der Waals surface area contributed by atoms with Crippen LogP contribution in [0.15, 0.2) is 48.5 Å². The van der Waals surface area contributed by atoms with Gasteiger partial charge in [-0.3, -0.25) is 30.3 Å². The van der Waals surface area contributed by atoms with Gasteiger partial charge < -0.3 is 0 Å². The number of carbonyl (C=O) groups excluding carboxylic acids is 1. The minimum atomic E-state index is -0.502. The van der Waals surface area contributed by atoms with E-state index in [-0.39, 0.29) is 11.4 Å². The molecule has 26 heavy (non-hydrogen) atoms. The molecule has 0 radical (unpaired) electrons. The third kappa shape index (κ3) is 3.87. The van der Waals surface area contributed by atoms with Crippen molar-refractivity contribution < 1.29 is 14.6 Å². The zero-order chi connectivity index (χ0) is 18.7. The molecule has 2 aromatic carbocycles. The van der Waals surface area contributed by atoms with Crippen LogP contribution in [0.4, 0.5) is 16.5 Å². The summed E-state index contributed by atoms with van der Waals surface area (Å²) < 4.78 is 0.592. The van der Waals surface area contributed by atoms with Crippen LogP contribution < -0.4 is 5.32 Å². The lowest BCUT2D eigenvalue weighted by molar-refractivity contribution is -0.385. The van der Waals surface area contributed by atoms with Crippen molar-refractivity contribution in [2.24, 2.45) is 0 Å². The van der Waals surface area contributed by atoms with E-state index >= 15 is 0 Å². The van der Waals surface area contributed by atoms with Crippen LogP contribution in [0.1, 0.15) is 5.56 Å². The molecule has 0 aliphatic rings. The van der Waals surface area contributed by atoms with Gasteiger partial charge in [0.2, 0.25) is 5.91 Å². The molecule has 130 valence electrons. The number of nitrogens with one attached hydrogen (secondary N) is 1. The number of thiazole rings is 1. The maximum Gasteiger partial charge on any atom is 0.270 e. The standard InChI is InChI=1S/C16H10N4O5S/c21-15(8-3-10-1-4-11(5-2-10)19(22)23)18-16-17-13-7-6-12(20(24)25)9-14(13)26-16/h1-9H,(H,17,18,21)/b8-3+. The molecule has 3 aromatic rings. The molecule has 1 aromatic heterocycles. The van der Waals surface area contributed by atoms with Crippen molar-refractivity contribution in [3.8, 4) is 0 Å². The van der Waals surface area contributed by atoms with Crippen molar-refractivity contribution in [3.63, 3.8) is 0 Å². The number of aromatic nitrogens is 1. The second kappa shape index (κ2) is 7.07. The molecule has 0 saturated carbocycles. The lowest BCUT2D eigenvalue weighted by Gasteiger charge is -1.96. The van der Waals surface area contributed by atoms with Gasteiger partial charge in [0.05, 0.1) is 20.1 Å². The van der Waals surface area contributed by atoms with Crippen molar-refractivity contribution in [1.82, 2.24) is 4.98 Å². The summed E-state index contributed by atoms with van der Waals surface area (Å²) in [5, 5.41) is 24.3. The first-order valence-electron chi connectivity index (χ1n) is 7.21. The average Bonchev–Trinajstić information content (AvgIpc) is 3.01. The van der Waals surface area contributed by atoms with Crippen LogP contribution in [0.3, 0.4) is 0 Å². The van der Waals surface area contributed by atoms with Gasteiger partial charge in [-0.15, -0.1) is 0 Å². The molecule has 0 saturated heterocycles. The topological polar surface area (TPSA) is 128 Å². The minimum absolute atomic E-state index is 0.0322. The predicted molar refractivity (Wildman–Crippen MR) is 97.0 cm³/mol. The SMILES string of the molecule is O=C(/C=C/c1ccc([N+](=O)[O-])cc1)Nc1nc2ccc([N+](=O)[O-])cc2s1. The van der Waals surface area contributed by atoms with E-state index in [0.717, 1.165) is 11.3 Å². The molecule has 1 N–H and O–H groups in total. The van der Waals surface area contributed by atoms with Gasteiger partial charge in [-0.2, -0.15) is 0 Å². The summed E-state index contributed by atoms with van der Waals surface area (Å²) >= 11 is 1.13. The molecule has 3 rings (SSSR count). The van der Waals surface area contributed by atoms with E-state index in [1.165, 1.54) is 54.6 Å². The van der Waals surface area contributed by atoms with Gasteiger partial charge in [-0.25, -0.2) is 4.98 Å². The summed E-state index contributed by atoms with van der Waals surface area (Å²) in [5.74, 6) is -0.433. The molecule has 9 nitrogen and oxygen atoms in total. The van der Waals surface area contributed by atoms with Crippen LogP contribution in [0.2, 0.25) is 0 Å². The highest BCUT2D eigenvalue weighted by Gasteiger charge is 2.11. The zero-order valence-corrected chi connectivity index (χ0v) is 13.8. The Bertz CT molecular complexity index is 1040. The van der Waals surface area contributed by atoms with Crippen molar-refractivity contribution >= 4 is 50.0 Å². The van der Waals surface area contributed by atoms with Crippen LogP contribution in [-0.2, 0) is 4.79 Å². The first-order valence-corrected chi connectivity index (χ1v) is 8.02. The number of carbonyl (C=O) groups is 1. The van der Waals surface area contributed by atoms with E-state index in [1.807, 2.05) is 0 Å². The van der Waals surface area contributed by atoms with Crippen LogP contribution in [0, 0.1) is 20.2 Å². The number of nitro groups is 2. The molecular weight excluding hydrogens is 360 g/mol. The molecule has 0 spiro atoms. The van der Waals surface area contributed by atoms with Gasteiger partial charge in [0, 0.05) is 30.3 Å². The first kappa shape index (κ1) is 17.2. The van der Waals surface area contributed by atoms with Crippen LogP contribution in [0.5, 0.6) is 0 Å². The summed E-state index contributed by atoms with van der Waals surface area (Å²) in [6, 6.07) is 10.0. The number of rotatable bonds is 5. The maximum atomic E-state index is 12.0. The Kier molecular flexibility index (Phi) is 4.67. The number of fused-ring (bicyclic) bond motifs is 1. The van der Waals surface area contributed by atoms with Gasteiger partial charge in [0.25, 0.3) is 11.4 Å². The fourth-order valence-electron chi connectivity index (χ4n) is 2.11. The van der Waals surface area contributed by atoms with Crippen molar-refractivity contribution in [1.29, 1.82) is 0 Å². The second-order valence-electron chi connectivity index (χ2n) is 5.10. The van der Waals surface area contributed by atoms with Gasteiger partial charge in [0.1, 0.15) is 0 Å². The molecule has 0 fully saturated rings. The van der Waals surface area contributed by atoms with Crippen LogP contribution >= 0.6 is 11.3 Å². The van der Waals surface area contributed by atoms with E-state index in [4.69, 9.17) is 0 Å². The van der Waals surface area contributed by atoms with Crippen molar-refractivity contribution in [2.75, 3.05) is 5.32 Å². The number of hydrogen-bond donors (Lipinski definition) is 1. The molecule has 0 aliphatic heterocycles. The highest BCUT2D eigenvalue weighted by molar-refractivity contribution is 7.22. The highest BCUT2D eigenvalue weighted by Crippen LogP contribution is 2.29. The molecule has 0 aliphatic carbocycles. The Morgan fingerprint density at radius 1 is 1.04 bits per heavy atom. The lowest BCUT2D eigenvalue weighted by atomic mass is 10.2. The van der Waals surface area contributed by atoms with E-state index in [9.17, 15) is 25.0 Å². The molecule has 1 amide bonds. The minimum Gasteiger partial charge on any atom is -0.298 e. The Morgan fingerprint density at radius 3 is 2.35 bits per heavy atom. The highest BCUT2D eigenvalue weighted by atomic mass is 32.1. The smallest absolute Gasteiger partial charge is 0.270 e. The Balaban J connectivity index is 1.70. The van der Waals surface area contributed by atoms with E-state index < -0.39 is 15.8 Å². The van der Waals surface area contributed by atoms with Gasteiger partial charge in [-0.1, -0.05) is 11.3 Å². The van der Waals surface area contributed by atoms with Gasteiger partial charge >= 0.3 is 0 Å². The van der Waals surface area contributed by atoms with Crippen molar-refractivity contribution in [2.45, 2.75) is 0 Å². The van der Waals surface area contributed by atoms with Gasteiger partial charge in [0.15, 0.2) is 5.13 Å². The summed E-state index contributed by atoms with van der Waals surface area (Å²) in [5.41, 5.74) is 1.10. The molecule has 10 heteroatoms.